The molecule has 2 rings (SSSR count). The molecule has 0 radical (unpaired) electrons. The highest BCUT2D eigenvalue weighted by molar-refractivity contribution is 5.43. The minimum Gasteiger partial charge on any atom is -0.364 e. The lowest BCUT2D eigenvalue weighted by Gasteiger charge is -2.11. The van der Waals surface area contributed by atoms with Gasteiger partial charge in [0.2, 0.25) is 0 Å². The van der Waals surface area contributed by atoms with Crippen molar-refractivity contribution in [2.24, 2.45) is 0 Å². The van der Waals surface area contributed by atoms with E-state index in [2.05, 4.69) is 22.4 Å². The summed E-state index contributed by atoms with van der Waals surface area (Å²) >= 11 is 0. The molecule has 1 N–H and O–H groups in total. The summed E-state index contributed by atoms with van der Waals surface area (Å²) in [6, 6.07) is 1.99. The Hall–Kier alpha value is -1.85. The molecule has 0 aliphatic carbocycles. The Morgan fingerprint density at radius 2 is 2.11 bits per heavy atom. The van der Waals surface area contributed by atoms with Crippen LogP contribution in [-0.4, -0.2) is 26.2 Å². The van der Waals surface area contributed by atoms with E-state index in [0.29, 0.717) is 6.54 Å². The highest BCUT2D eigenvalue weighted by Gasteiger charge is 2.08. The average Bonchev–Trinajstić information content (AvgIpc) is 2.96. The van der Waals surface area contributed by atoms with Gasteiger partial charge in [-0.25, -0.2) is 9.07 Å². The molecule has 0 amide bonds. The smallest absolute Gasteiger partial charge is 0.127 e. The number of aromatic nitrogens is 4. The van der Waals surface area contributed by atoms with Crippen LogP contribution >= 0.6 is 0 Å². The third-order valence-corrected chi connectivity index (χ3v) is 3.00. The van der Waals surface area contributed by atoms with Gasteiger partial charge in [0.15, 0.2) is 0 Å². The molecular weight excluding hydrogens is 245 g/mol. The molecule has 2 heterocycles. The number of alkyl halides is 1. The molecule has 2 aromatic heterocycles. The predicted octanol–water partition coefficient (Wildman–Crippen LogP) is 2.38. The minimum atomic E-state index is -0.413. The van der Waals surface area contributed by atoms with Crippen molar-refractivity contribution < 1.29 is 4.39 Å². The highest BCUT2D eigenvalue weighted by Crippen LogP contribution is 2.15. The monoisotopic (exact) mass is 265 g/mol. The predicted molar refractivity (Wildman–Crippen MR) is 72.8 cm³/mol. The van der Waals surface area contributed by atoms with Gasteiger partial charge in [0.05, 0.1) is 25.0 Å². The van der Waals surface area contributed by atoms with Crippen molar-refractivity contribution in [3.63, 3.8) is 0 Å². The topological polar surface area (TPSA) is 47.7 Å². The number of nitrogens with one attached hydrogen (secondary N) is 1. The number of rotatable bonds is 7. The van der Waals surface area contributed by atoms with E-state index in [0.717, 1.165) is 30.0 Å². The van der Waals surface area contributed by atoms with Gasteiger partial charge >= 0.3 is 0 Å². The molecule has 0 fully saturated rings. The summed E-state index contributed by atoms with van der Waals surface area (Å²) in [5, 5.41) is 11.8. The van der Waals surface area contributed by atoms with Crippen LogP contribution in [0.4, 0.5) is 10.2 Å². The van der Waals surface area contributed by atoms with E-state index < -0.39 is 6.67 Å². The summed E-state index contributed by atoms with van der Waals surface area (Å²) in [4.78, 5) is 0. The fourth-order valence-corrected chi connectivity index (χ4v) is 2.06. The van der Waals surface area contributed by atoms with E-state index in [1.807, 2.05) is 17.7 Å². The van der Waals surface area contributed by atoms with Gasteiger partial charge in [-0.15, -0.1) is 0 Å². The second kappa shape index (κ2) is 6.36. The Balaban J connectivity index is 2.05. The molecule has 19 heavy (non-hydrogen) atoms. The van der Waals surface area contributed by atoms with Gasteiger partial charge in [0.25, 0.3) is 0 Å². The average molecular weight is 265 g/mol. The summed E-state index contributed by atoms with van der Waals surface area (Å²) in [5.74, 6) is 0.877. The van der Waals surface area contributed by atoms with Crippen molar-refractivity contribution in [3.05, 3.63) is 29.7 Å². The van der Waals surface area contributed by atoms with Crippen LogP contribution in [0.5, 0.6) is 0 Å². The van der Waals surface area contributed by atoms with Crippen LogP contribution in [0.25, 0.3) is 0 Å². The summed E-state index contributed by atoms with van der Waals surface area (Å²) in [6.07, 6.45) is 4.60. The summed E-state index contributed by atoms with van der Waals surface area (Å²) in [5.41, 5.74) is 2.14. The van der Waals surface area contributed by atoms with Gasteiger partial charge in [0.1, 0.15) is 12.5 Å². The molecule has 0 saturated heterocycles. The number of anilines is 1. The molecule has 0 bridgehead atoms. The van der Waals surface area contributed by atoms with Crippen LogP contribution < -0.4 is 5.32 Å². The fraction of sp³-hybridized carbons (Fsp3) is 0.538. The Labute approximate surface area is 112 Å². The second-order valence-corrected chi connectivity index (χ2v) is 4.49. The Kier molecular flexibility index (Phi) is 4.54. The Morgan fingerprint density at radius 3 is 2.84 bits per heavy atom. The van der Waals surface area contributed by atoms with Crippen molar-refractivity contribution in [2.45, 2.75) is 39.9 Å². The van der Waals surface area contributed by atoms with Crippen LogP contribution in [0, 0.1) is 6.92 Å². The number of nitrogens with zero attached hydrogens (tertiary/aromatic N) is 4. The van der Waals surface area contributed by atoms with Crippen LogP contribution in [-0.2, 0) is 19.6 Å². The SMILES string of the molecule is CCCn1nccc1CNc1c(C)cnn1CCF. The highest BCUT2D eigenvalue weighted by atomic mass is 19.1. The van der Waals surface area contributed by atoms with E-state index in [9.17, 15) is 4.39 Å². The maximum atomic E-state index is 12.4. The molecule has 0 unspecified atom stereocenters. The first-order valence-corrected chi connectivity index (χ1v) is 6.59. The van der Waals surface area contributed by atoms with Gasteiger partial charge < -0.3 is 5.32 Å². The zero-order valence-electron chi connectivity index (χ0n) is 11.4. The standard InChI is InChI=1S/C13H20FN5/c1-3-7-18-12(4-6-16-18)10-15-13-11(2)9-17-19(13)8-5-14/h4,6,9,15H,3,5,7-8,10H2,1-2H3. The lowest BCUT2D eigenvalue weighted by Crippen LogP contribution is -2.13. The van der Waals surface area contributed by atoms with E-state index >= 15 is 0 Å². The van der Waals surface area contributed by atoms with E-state index in [1.54, 1.807) is 17.1 Å². The van der Waals surface area contributed by atoms with Crippen LogP contribution in [0.1, 0.15) is 24.6 Å². The summed E-state index contributed by atoms with van der Waals surface area (Å²) in [6.45, 7) is 5.53. The lowest BCUT2D eigenvalue weighted by molar-refractivity contribution is 0.429. The zero-order chi connectivity index (χ0) is 13.7. The number of halogens is 1. The van der Waals surface area contributed by atoms with E-state index in [1.165, 1.54) is 0 Å². The molecule has 0 aliphatic rings. The molecular formula is C13H20FN5. The summed E-state index contributed by atoms with van der Waals surface area (Å²) < 4.78 is 16.1. The molecule has 104 valence electrons. The van der Waals surface area contributed by atoms with Gasteiger partial charge in [-0.1, -0.05) is 6.92 Å². The number of hydrogen-bond donors (Lipinski definition) is 1. The Morgan fingerprint density at radius 1 is 1.26 bits per heavy atom. The molecule has 0 aromatic carbocycles. The first-order valence-electron chi connectivity index (χ1n) is 6.59. The minimum absolute atomic E-state index is 0.282. The maximum Gasteiger partial charge on any atom is 0.127 e. The quantitative estimate of drug-likeness (QED) is 0.836. The van der Waals surface area contributed by atoms with Crippen LogP contribution in [0.15, 0.2) is 18.5 Å². The van der Waals surface area contributed by atoms with Crippen LogP contribution in [0.2, 0.25) is 0 Å². The molecule has 0 spiro atoms. The molecule has 0 aliphatic heterocycles. The van der Waals surface area contributed by atoms with Gasteiger partial charge in [-0.05, 0) is 19.4 Å². The van der Waals surface area contributed by atoms with Gasteiger partial charge in [-0.2, -0.15) is 10.2 Å². The van der Waals surface area contributed by atoms with Gasteiger partial charge in [0, 0.05) is 18.3 Å². The largest absolute Gasteiger partial charge is 0.364 e. The summed E-state index contributed by atoms with van der Waals surface area (Å²) in [7, 11) is 0. The second-order valence-electron chi connectivity index (χ2n) is 4.49. The van der Waals surface area contributed by atoms with Gasteiger partial charge in [-0.3, -0.25) is 4.68 Å². The molecule has 0 saturated carbocycles. The third kappa shape index (κ3) is 3.13. The van der Waals surface area contributed by atoms with Crippen molar-refractivity contribution in [3.8, 4) is 0 Å². The van der Waals surface area contributed by atoms with E-state index in [-0.39, 0.29) is 6.54 Å². The lowest BCUT2D eigenvalue weighted by atomic mass is 10.3. The van der Waals surface area contributed by atoms with Crippen molar-refractivity contribution in [1.29, 1.82) is 0 Å². The fourth-order valence-electron chi connectivity index (χ4n) is 2.06. The number of aryl methyl sites for hydroxylation is 3. The van der Waals surface area contributed by atoms with Crippen molar-refractivity contribution >= 4 is 5.82 Å². The van der Waals surface area contributed by atoms with Crippen molar-refractivity contribution in [2.75, 3.05) is 12.0 Å². The molecule has 5 nitrogen and oxygen atoms in total. The maximum absolute atomic E-state index is 12.4. The zero-order valence-corrected chi connectivity index (χ0v) is 11.4. The first kappa shape index (κ1) is 13.6. The third-order valence-electron chi connectivity index (χ3n) is 3.00. The molecule has 0 atom stereocenters. The normalized spacial score (nSPS) is 10.9. The van der Waals surface area contributed by atoms with Crippen LogP contribution in [0.3, 0.4) is 0 Å². The molecule has 2 aromatic rings. The van der Waals surface area contributed by atoms with E-state index in [4.69, 9.17) is 0 Å². The first-order chi connectivity index (χ1) is 9.26. The van der Waals surface area contributed by atoms with Crippen molar-refractivity contribution in [1.82, 2.24) is 19.6 Å². The molecule has 6 heteroatoms. The number of hydrogen-bond acceptors (Lipinski definition) is 3. The Bertz CT molecular complexity index is 517.